The van der Waals surface area contributed by atoms with E-state index < -0.39 is 65.5 Å². The van der Waals surface area contributed by atoms with Crippen LogP contribution in [0.5, 0.6) is 5.75 Å². The number of aryl methyl sites for hydroxylation is 3. The average molecular weight is 1450 g/mol. The minimum absolute atomic E-state index is 0.0223. The van der Waals surface area contributed by atoms with Gasteiger partial charge < -0.3 is 54.1 Å². The van der Waals surface area contributed by atoms with Crippen LogP contribution < -0.4 is 35.4 Å². The van der Waals surface area contributed by atoms with E-state index in [0.717, 1.165) is 54.6 Å². The Morgan fingerprint density at radius 3 is 2.10 bits per heavy atom. The Morgan fingerprint density at radius 2 is 1.60 bits per heavy atom. The number of hydrogen-bond donors (Lipinski definition) is 5. The molecule has 2 aromatic heterocycles. The molecule has 1 aliphatic heterocycles. The number of methoxy groups -OCH3 is 1. The SMILES string of the molecule is CC(C)OC(=O)c1cc(-c2nn(C)c(C(F)(F)F)c2Br)c(F)cc1Cl.CC1COc2ccccc2N1C(=O)C(Cl)Cl.CCNc1nc(Cl)nc(NC(C)C)n1.CCc1cccc(C)c1N(C(=O)CCl)C(C)COC.C[S+](C)C.O=C(O)CNCP(=O)([O-])O. The second kappa shape index (κ2) is 39.5. The molecule has 0 radical (unpaired) electrons. The number of aromatic nitrogens is 5. The van der Waals surface area contributed by atoms with E-state index in [1.54, 1.807) is 30.8 Å². The van der Waals surface area contributed by atoms with E-state index in [1.165, 1.54) is 0 Å². The van der Waals surface area contributed by atoms with Crippen molar-refractivity contribution in [2.75, 3.05) is 84.8 Å². The van der Waals surface area contributed by atoms with Crippen molar-refractivity contribution >= 4 is 139 Å². The van der Waals surface area contributed by atoms with Crippen molar-refractivity contribution in [3.8, 4) is 17.0 Å². The van der Waals surface area contributed by atoms with Gasteiger partial charge in [0.1, 0.15) is 37.3 Å². The number of alkyl halides is 6. The number of fused-ring (bicyclic) bond motifs is 1. The fourth-order valence-corrected chi connectivity index (χ4v) is 9.31. The second-order valence-electron chi connectivity index (χ2n) is 19.6. The standard InChI is InChI=1S/C15H12BrClF4N2O2.C15H22ClNO2.C11H11Cl2NO2.C8H14ClN5.C3H8NO5P.C3H9S/c1-6(2)25-14(24)7-4-8(10(18)5-9(7)17)12-11(16)13(15(19,20)21)23(3)22-12;1-5-13-8-6-7-11(2)15(13)17(14(18)9-16)12(3)10-19-4;1-7-6-16-9-5-3-2-4-8(9)14(7)11(15)10(12)13;1-4-10-7-12-6(9)13-8(14-7)11-5(2)3;5-3(6)1-4-2-10(7,8)9;1-4(2)3/h4-6H,1-3H3;6-8,12H,5,9-10H2,1-4H3;2-5,7,10H,6H2,1H3;5H,4H2,1-3H3,(H2,10,11,12,13,14);4H,1-2H2,(H,5,6)(H2,7,8,9);1-3H3/q;;;;;+1/p-1. The van der Waals surface area contributed by atoms with Crippen LogP contribution in [0.3, 0.4) is 0 Å². The normalized spacial score (nSPS) is 13.4. The number of benzene rings is 3. The van der Waals surface area contributed by atoms with Crippen LogP contribution in [0.4, 0.5) is 40.8 Å². The maximum Gasteiger partial charge on any atom is 0.434 e. The number of amides is 2. The third-order valence-corrected chi connectivity index (χ3v) is 13.2. The first-order valence-corrected chi connectivity index (χ1v) is 33.7. The topological polar surface area (TPSA) is 276 Å². The first-order chi connectivity index (χ1) is 40.9. The van der Waals surface area contributed by atoms with Crippen molar-refractivity contribution in [3.63, 3.8) is 0 Å². The Kier molecular flexibility index (Phi) is 36.4. The molecular formula is C55H75BrCl5F4N10O11PS. The number of ether oxygens (including phenoxy) is 3. The lowest BCUT2D eigenvalue weighted by molar-refractivity contribution is -0.193. The molecule has 0 spiro atoms. The molecule has 3 heterocycles. The summed E-state index contributed by atoms with van der Waals surface area (Å²) in [4.78, 5) is 78.2. The molecule has 33 heteroatoms. The molecule has 1 aliphatic rings. The van der Waals surface area contributed by atoms with Gasteiger partial charge in [-0.3, -0.25) is 24.4 Å². The third-order valence-electron chi connectivity index (χ3n) is 10.7. The predicted octanol–water partition coefficient (Wildman–Crippen LogP) is 11.4. The molecule has 21 nitrogen and oxygen atoms in total. The summed E-state index contributed by atoms with van der Waals surface area (Å²) >= 11 is 31.4. The van der Waals surface area contributed by atoms with E-state index in [-0.39, 0.29) is 62.9 Å². The number of halogens is 10. The average Bonchev–Trinajstić information content (AvgIpc) is 2.47. The minimum Gasteiger partial charge on any atom is -0.778 e. The summed E-state index contributed by atoms with van der Waals surface area (Å²) in [5, 5.41) is 19.7. The number of aliphatic carboxylic acids is 1. The summed E-state index contributed by atoms with van der Waals surface area (Å²) < 4.78 is 79.3. The second-order valence-corrected chi connectivity index (χ2v) is 26.5. The van der Waals surface area contributed by atoms with Crippen LogP contribution in [0.1, 0.15) is 82.6 Å². The van der Waals surface area contributed by atoms with Crippen LogP contribution in [-0.2, 0) is 59.0 Å². The molecular weight excluding hydrogens is 1370 g/mol. The predicted molar refractivity (Wildman–Crippen MR) is 345 cm³/mol. The van der Waals surface area contributed by atoms with Crippen LogP contribution in [0.15, 0.2) is 59.1 Å². The number of carboxylic acid groups (broad SMARTS) is 1. The van der Waals surface area contributed by atoms with Crippen molar-refractivity contribution < 1.29 is 70.4 Å². The molecule has 2 amide bonds. The number of rotatable bonds is 18. The number of hydrogen-bond acceptors (Lipinski definition) is 16. The summed E-state index contributed by atoms with van der Waals surface area (Å²) in [6.07, 6.45) is 1.61. The van der Waals surface area contributed by atoms with Gasteiger partial charge in [0.2, 0.25) is 23.1 Å². The van der Waals surface area contributed by atoms with Crippen molar-refractivity contribution in [1.82, 2.24) is 30.0 Å². The van der Waals surface area contributed by atoms with E-state index in [4.69, 9.17) is 82.2 Å². The van der Waals surface area contributed by atoms with Crippen molar-refractivity contribution in [3.05, 3.63) is 97.6 Å². The van der Waals surface area contributed by atoms with Gasteiger partial charge in [0, 0.05) is 32.3 Å². The van der Waals surface area contributed by atoms with Crippen molar-refractivity contribution in [2.45, 2.75) is 104 Å². The zero-order valence-electron chi connectivity index (χ0n) is 50.9. The maximum atomic E-state index is 14.3. The fraction of sp³-hybridized carbons (Fsp3) is 0.491. The van der Waals surface area contributed by atoms with Gasteiger partial charge in [0.05, 0.1) is 82.8 Å². The Balaban J connectivity index is 0.000000556. The smallest absolute Gasteiger partial charge is 0.434 e. The first-order valence-electron chi connectivity index (χ1n) is 26.5. The summed E-state index contributed by atoms with van der Waals surface area (Å²) in [5.74, 6) is -1.65. The lowest BCUT2D eigenvalue weighted by atomic mass is 10.0. The molecule has 0 fully saturated rings. The highest BCUT2D eigenvalue weighted by molar-refractivity contribution is 9.10. The van der Waals surface area contributed by atoms with Gasteiger partial charge in [0.15, 0.2) is 10.5 Å². The Hall–Kier alpha value is -4.77. The van der Waals surface area contributed by atoms with Gasteiger partial charge in [-0.25, -0.2) is 9.18 Å². The minimum atomic E-state index is -4.69. The maximum absolute atomic E-state index is 14.3. The van der Waals surface area contributed by atoms with Gasteiger partial charge in [-0.1, -0.05) is 72.1 Å². The summed E-state index contributed by atoms with van der Waals surface area (Å²) in [6.45, 7) is 18.4. The van der Waals surface area contributed by atoms with Crippen LogP contribution in [0, 0.1) is 12.7 Å². The Labute approximate surface area is 546 Å². The molecule has 0 bridgehead atoms. The highest BCUT2D eigenvalue weighted by atomic mass is 79.9. The molecule has 3 aromatic carbocycles. The van der Waals surface area contributed by atoms with Gasteiger partial charge in [-0.15, -0.1) is 11.6 Å². The highest BCUT2D eigenvalue weighted by Crippen LogP contribution is 2.41. The molecule has 3 unspecified atom stereocenters. The molecule has 0 aliphatic carbocycles. The summed E-state index contributed by atoms with van der Waals surface area (Å²) in [7, 11) is -0.988. The summed E-state index contributed by atoms with van der Waals surface area (Å²) in [5.41, 5.74) is 2.07. The Morgan fingerprint density at radius 1 is 1.00 bits per heavy atom. The van der Waals surface area contributed by atoms with Crippen LogP contribution >= 0.6 is 81.5 Å². The van der Waals surface area contributed by atoms with E-state index in [1.807, 2.05) is 83.3 Å². The quantitative estimate of drug-likeness (QED) is 0.0179. The third kappa shape index (κ3) is 28.2. The molecule has 0 saturated heterocycles. The number of nitrogens with zero attached hydrogens (tertiary/aromatic N) is 7. The number of para-hydroxylation sites is 3. The molecule has 0 saturated carbocycles. The van der Waals surface area contributed by atoms with Crippen LogP contribution in [0.2, 0.25) is 10.3 Å². The van der Waals surface area contributed by atoms with E-state index >= 15 is 0 Å². The van der Waals surface area contributed by atoms with E-state index in [2.05, 4.69) is 78.4 Å². The zero-order chi connectivity index (χ0) is 67.6. The van der Waals surface area contributed by atoms with E-state index in [0.29, 0.717) is 46.4 Å². The van der Waals surface area contributed by atoms with Crippen LogP contribution in [-0.4, -0.2) is 152 Å². The number of carboxylic acids is 1. The lowest BCUT2D eigenvalue weighted by Gasteiger charge is -2.35. The van der Waals surface area contributed by atoms with E-state index in [9.17, 15) is 46.2 Å². The lowest BCUT2D eigenvalue weighted by Crippen LogP contribution is -2.47. The fourth-order valence-electron chi connectivity index (χ4n) is 7.42. The zero-order valence-corrected chi connectivity index (χ0v) is 57.9. The monoisotopic (exact) mass is 1440 g/mol. The highest BCUT2D eigenvalue weighted by Gasteiger charge is 2.39. The number of esters is 1. The molecule has 5 aromatic rings. The number of carbonyl (C=O) groups excluding carboxylic acids is 3. The molecule has 3 atom stereocenters. The van der Waals surface area contributed by atoms with Gasteiger partial charge >= 0.3 is 18.1 Å². The Bertz CT molecular complexity index is 3100. The van der Waals surface area contributed by atoms with Crippen LogP contribution in [0.25, 0.3) is 11.3 Å². The number of anilines is 4. The first kappa shape index (κ1) is 81.2. The van der Waals surface area contributed by atoms with Gasteiger partial charge in [-0.2, -0.15) is 33.2 Å². The molecule has 492 valence electrons. The van der Waals surface area contributed by atoms with Crippen molar-refractivity contribution in [2.24, 2.45) is 7.05 Å². The molecule has 5 N–H and O–H groups in total. The largest absolute Gasteiger partial charge is 0.778 e. The number of carbonyl (C=O) groups is 4. The van der Waals surface area contributed by atoms with Crippen molar-refractivity contribution in [1.29, 1.82) is 0 Å². The number of nitrogens with one attached hydrogen (secondary N) is 3. The molecule has 88 heavy (non-hydrogen) atoms. The molecule has 6 rings (SSSR count). The summed E-state index contributed by atoms with van der Waals surface area (Å²) in [6, 6.07) is 15.4. The van der Waals surface area contributed by atoms with Gasteiger partial charge in [-0.05, 0) is 136 Å². The van der Waals surface area contributed by atoms with Gasteiger partial charge in [0.25, 0.3) is 5.91 Å².